The smallest absolute Gasteiger partial charge is 0.325 e. The summed E-state index contributed by atoms with van der Waals surface area (Å²) in [6.45, 7) is 3.43. The van der Waals surface area contributed by atoms with Gasteiger partial charge in [0.15, 0.2) is 11.6 Å². The lowest BCUT2D eigenvalue weighted by atomic mass is 10.1. The molecule has 218 valence electrons. The Morgan fingerprint density at radius 1 is 0.909 bits per heavy atom. The highest BCUT2D eigenvalue weighted by Gasteiger charge is 2.14. The number of halogens is 2. The predicted octanol–water partition coefficient (Wildman–Crippen LogP) is 6.05. The maximum atomic E-state index is 14.9. The van der Waals surface area contributed by atoms with Gasteiger partial charge in [-0.1, -0.05) is 30.7 Å². The SMILES string of the molecule is C=CC(=O)Nc1cccc(C#Cc2cc3c(Oc4ccc(NC(=O)NC(=O)Cc5ccc(F)cc5)cc4F)ccnc3[nH]2)c1. The summed E-state index contributed by atoms with van der Waals surface area (Å²) in [5.74, 6) is 4.10. The van der Waals surface area contributed by atoms with E-state index in [-0.39, 0.29) is 23.8 Å². The first-order chi connectivity index (χ1) is 21.2. The fourth-order valence-electron chi connectivity index (χ4n) is 4.07. The zero-order chi connectivity index (χ0) is 31.1. The minimum atomic E-state index is -0.852. The molecule has 3 aromatic carbocycles. The number of rotatable bonds is 7. The quantitative estimate of drug-likeness (QED) is 0.136. The molecule has 2 aromatic heterocycles. The normalized spacial score (nSPS) is 10.3. The molecule has 4 N–H and O–H groups in total. The molecule has 0 fully saturated rings. The number of carbonyl (C=O) groups is 3. The monoisotopic (exact) mass is 591 g/mol. The number of hydrogen-bond acceptors (Lipinski definition) is 5. The van der Waals surface area contributed by atoms with Crippen molar-refractivity contribution in [2.45, 2.75) is 6.42 Å². The molecule has 0 saturated carbocycles. The Kier molecular flexibility index (Phi) is 8.72. The summed E-state index contributed by atoms with van der Waals surface area (Å²) >= 11 is 0. The van der Waals surface area contributed by atoms with Crippen LogP contribution in [0.1, 0.15) is 16.8 Å². The van der Waals surface area contributed by atoms with Crippen LogP contribution in [0.4, 0.5) is 25.0 Å². The van der Waals surface area contributed by atoms with Crippen LogP contribution in [-0.4, -0.2) is 27.8 Å². The van der Waals surface area contributed by atoms with Crippen molar-refractivity contribution in [2.24, 2.45) is 0 Å². The summed E-state index contributed by atoms with van der Waals surface area (Å²) in [5, 5.41) is 7.78. The van der Waals surface area contributed by atoms with E-state index in [0.717, 1.165) is 6.07 Å². The molecule has 9 nitrogen and oxygen atoms in total. The number of amides is 4. The number of pyridine rings is 1. The molecule has 0 spiro atoms. The van der Waals surface area contributed by atoms with E-state index in [2.05, 4.69) is 44.3 Å². The van der Waals surface area contributed by atoms with Gasteiger partial charge in [0, 0.05) is 29.2 Å². The fourth-order valence-corrected chi connectivity index (χ4v) is 4.07. The van der Waals surface area contributed by atoms with E-state index in [1.54, 1.807) is 36.4 Å². The number of aromatic amines is 1. The molecule has 4 amide bonds. The van der Waals surface area contributed by atoms with E-state index in [4.69, 9.17) is 4.74 Å². The van der Waals surface area contributed by atoms with Gasteiger partial charge in [-0.2, -0.15) is 0 Å². The molecule has 5 aromatic rings. The van der Waals surface area contributed by atoms with Crippen LogP contribution in [0.15, 0.2) is 97.7 Å². The highest BCUT2D eigenvalue weighted by Crippen LogP contribution is 2.31. The number of anilines is 2. The summed E-state index contributed by atoms with van der Waals surface area (Å²) in [5.41, 5.74) is 2.86. The molecule has 11 heteroatoms. The van der Waals surface area contributed by atoms with Gasteiger partial charge in [-0.25, -0.2) is 18.6 Å². The second-order valence-electron chi connectivity index (χ2n) is 9.33. The van der Waals surface area contributed by atoms with Gasteiger partial charge in [-0.05, 0) is 72.2 Å². The molecule has 0 aliphatic rings. The highest BCUT2D eigenvalue weighted by molar-refractivity contribution is 6.01. The van der Waals surface area contributed by atoms with Crippen molar-refractivity contribution in [1.82, 2.24) is 15.3 Å². The van der Waals surface area contributed by atoms with E-state index in [0.29, 0.717) is 39.3 Å². The van der Waals surface area contributed by atoms with Gasteiger partial charge in [0.1, 0.15) is 17.2 Å². The van der Waals surface area contributed by atoms with Crippen LogP contribution in [0.5, 0.6) is 11.5 Å². The zero-order valence-corrected chi connectivity index (χ0v) is 22.9. The van der Waals surface area contributed by atoms with Crippen LogP contribution in [0.25, 0.3) is 11.0 Å². The second-order valence-corrected chi connectivity index (χ2v) is 9.33. The summed E-state index contributed by atoms with van der Waals surface area (Å²) in [6.07, 6.45) is 2.54. The lowest BCUT2D eigenvalue weighted by molar-refractivity contribution is -0.119. The van der Waals surface area contributed by atoms with E-state index in [1.807, 2.05) is 0 Å². The van der Waals surface area contributed by atoms with Gasteiger partial charge in [0.05, 0.1) is 17.5 Å². The molecule has 2 heterocycles. The van der Waals surface area contributed by atoms with Crippen LogP contribution < -0.4 is 20.7 Å². The Morgan fingerprint density at radius 2 is 1.70 bits per heavy atom. The van der Waals surface area contributed by atoms with Crippen LogP contribution in [-0.2, 0) is 16.0 Å². The van der Waals surface area contributed by atoms with Crippen molar-refractivity contribution >= 4 is 40.3 Å². The Hall–Kier alpha value is -6.28. The first kappa shape index (κ1) is 29.2. The maximum absolute atomic E-state index is 14.9. The van der Waals surface area contributed by atoms with Gasteiger partial charge in [0.25, 0.3) is 0 Å². The van der Waals surface area contributed by atoms with Crippen LogP contribution in [0, 0.1) is 23.5 Å². The zero-order valence-electron chi connectivity index (χ0n) is 22.9. The Balaban J connectivity index is 1.24. The van der Waals surface area contributed by atoms with Crippen molar-refractivity contribution in [3.05, 3.63) is 126 Å². The summed E-state index contributed by atoms with van der Waals surface area (Å²) in [6, 6.07) is 18.6. The number of aromatic nitrogens is 2. The van der Waals surface area contributed by atoms with E-state index in [1.165, 1.54) is 48.7 Å². The average molecular weight is 592 g/mol. The fraction of sp³-hybridized carbons (Fsp3) is 0.0303. The molecule has 0 unspecified atom stereocenters. The lowest BCUT2D eigenvalue weighted by Crippen LogP contribution is -2.35. The van der Waals surface area contributed by atoms with Crippen LogP contribution in [0.3, 0.4) is 0 Å². The number of H-pyrrole nitrogens is 1. The second kappa shape index (κ2) is 13.1. The molecule has 0 atom stereocenters. The van der Waals surface area contributed by atoms with Crippen molar-refractivity contribution in [3.8, 4) is 23.3 Å². The first-order valence-corrected chi connectivity index (χ1v) is 13.1. The highest BCUT2D eigenvalue weighted by atomic mass is 19.1. The lowest BCUT2D eigenvalue weighted by Gasteiger charge is -2.10. The van der Waals surface area contributed by atoms with E-state index < -0.39 is 23.6 Å². The standard InChI is InChI=1S/C33H23F2N5O4/c1-2-30(41)37-23-5-3-4-20(16-23)8-11-24-18-26-28(14-15-36-32(26)38-24)44-29-13-12-25(19-27(29)35)39-33(43)40-31(42)17-21-6-9-22(34)10-7-21/h2-7,9-10,12-16,18-19H,1,17H2,(H,36,38)(H,37,41)(H2,39,40,42,43). The molecule has 44 heavy (non-hydrogen) atoms. The number of nitrogens with zero attached hydrogens (tertiary/aromatic N) is 1. The molecular formula is C33H23F2N5O4. The average Bonchev–Trinajstić information content (AvgIpc) is 3.43. The topological polar surface area (TPSA) is 125 Å². The third-order valence-electron chi connectivity index (χ3n) is 6.09. The largest absolute Gasteiger partial charge is 0.453 e. The third-order valence-corrected chi connectivity index (χ3v) is 6.09. The van der Waals surface area contributed by atoms with Crippen molar-refractivity contribution in [1.29, 1.82) is 0 Å². The van der Waals surface area contributed by atoms with E-state index in [9.17, 15) is 23.2 Å². The predicted molar refractivity (Wildman–Crippen MR) is 161 cm³/mol. The number of urea groups is 1. The van der Waals surface area contributed by atoms with Crippen molar-refractivity contribution < 1.29 is 27.9 Å². The number of imide groups is 1. The Bertz CT molecular complexity index is 1960. The number of nitrogens with one attached hydrogen (secondary N) is 4. The molecule has 0 saturated heterocycles. The summed E-state index contributed by atoms with van der Waals surface area (Å²) < 4.78 is 33.8. The van der Waals surface area contributed by atoms with Gasteiger partial charge >= 0.3 is 6.03 Å². The third kappa shape index (κ3) is 7.51. The molecule has 0 aliphatic heterocycles. The molecule has 0 aliphatic carbocycles. The van der Waals surface area contributed by atoms with Crippen molar-refractivity contribution in [2.75, 3.05) is 10.6 Å². The summed E-state index contributed by atoms with van der Waals surface area (Å²) in [7, 11) is 0. The molecular weight excluding hydrogens is 568 g/mol. The van der Waals surface area contributed by atoms with Gasteiger partial charge in [-0.15, -0.1) is 0 Å². The van der Waals surface area contributed by atoms with Crippen molar-refractivity contribution in [3.63, 3.8) is 0 Å². The van der Waals surface area contributed by atoms with Crippen LogP contribution >= 0.6 is 0 Å². The Morgan fingerprint density at radius 3 is 2.48 bits per heavy atom. The van der Waals surface area contributed by atoms with Gasteiger partial charge < -0.3 is 20.4 Å². The Labute approximate surface area is 250 Å². The summed E-state index contributed by atoms with van der Waals surface area (Å²) in [4.78, 5) is 43.3. The van der Waals surface area contributed by atoms with Gasteiger partial charge in [0.2, 0.25) is 11.8 Å². The van der Waals surface area contributed by atoms with Gasteiger partial charge in [-0.3, -0.25) is 14.9 Å². The molecule has 5 rings (SSSR count). The molecule has 0 bridgehead atoms. The molecule has 0 radical (unpaired) electrons. The van der Waals surface area contributed by atoms with E-state index >= 15 is 0 Å². The number of ether oxygens (including phenoxy) is 1. The number of carbonyl (C=O) groups excluding carboxylic acids is 3. The minimum Gasteiger partial charge on any atom is -0.453 e. The number of hydrogen-bond donors (Lipinski definition) is 4. The first-order valence-electron chi connectivity index (χ1n) is 13.1. The minimum absolute atomic E-state index is 0.0918. The number of benzene rings is 3. The maximum Gasteiger partial charge on any atom is 0.325 e. The number of fused-ring (bicyclic) bond motifs is 1. The van der Waals surface area contributed by atoms with Crippen LogP contribution in [0.2, 0.25) is 0 Å².